The van der Waals surface area contributed by atoms with Crippen molar-refractivity contribution in [3.05, 3.63) is 65.3 Å². The molecule has 3 rings (SSSR count). The Hall–Kier alpha value is -2.73. The van der Waals surface area contributed by atoms with Gasteiger partial charge in [-0.05, 0) is 24.6 Å². The second kappa shape index (κ2) is 7.70. The highest BCUT2D eigenvalue weighted by molar-refractivity contribution is 7.17. The van der Waals surface area contributed by atoms with Crippen molar-refractivity contribution in [2.24, 2.45) is 0 Å². The van der Waals surface area contributed by atoms with Gasteiger partial charge in [-0.1, -0.05) is 30.3 Å². The molecule has 24 heavy (non-hydrogen) atoms. The number of hydrogen-bond acceptors (Lipinski definition) is 6. The number of thiazole rings is 1. The van der Waals surface area contributed by atoms with Gasteiger partial charge in [0.2, 0.25) is 0 Å². The van der Waals surface area contributed by atoms with Gasteiger partial charge in [-0.2, -0.15) is 0 Å². The van der Waals surface area contributed by atoms with Gasteiger partial charge in [-0.15, -0.1) is 11.3 Å². The van der Waals surface area contributed by atoms with Crippen LogP contribution in [0.2, 0.25) is 0 Å². The third-order valence-corrected chi connectivity index (χ3v) is 4.38. The molecule has 0 fully saturated rings. The largest absolute Gasteiger partial charge is 0.462 e. The van der Waals surface area contributed by atoms with Gasteiger partial charge in [0.25, 0.3) is 0 Å². The molecule has 0 amide bonds. The monoisotopic (exact) mass is 339 g/mol. The van der Waals surface area contributed by atoms with Crippen LogP contribution in [-0.2, 0) is 11.3 Å². The summed E-state index contributed by atoms with van der Waals surface area (Å²) in [5, 5.41) is 3.97. The van der Waals surface area contributed by atoms with Gasteiger partial charge in [0.05, 0.1) is 6.61 Å². The van der Waals surface area contributed by atoms with Gasteiger partial charge in [-0.3, -0.25) is 4.98 Å². The van der Waals surface area contributed by atoms with E-state index in [2.05, 4.69) is 15.3 Å². The molecular weight excluding hydrogens is 322 g/mol. The molecule has 0 bridgehead atoms. The van der Waals surface area contributed by atoms with Crippen LogP contribution in [0.25, 0.3) is 10.6 Å². The Balaban J connectivity index is 1.87. The van der Waals surface area contributed by atoms with E-state index < -0.39 is 0 Å². The summed E-state index contributed by atoms with van der Waals surface area (Å²) in [4.78, 5) is 21.4. The van der Waals surface area contributed by atoms with Crippen LogP contribution in [0, 0.1) is 0 Å². The molecule has 0 spiro atoms. The lowest BCUT2D eigenvalue weighted by atomic mass is 10.2. The molecule has 6 heteroatoms. The van der Waals surface area contributed by atoms with Crippen molar-refractivity contribution in [3.63, 3.8) is 0 Å². The molecule has 0 aliphatic heterocycles. The summed E-state index contributed by atoms with van der Waals surface area (Å²) in [6.45, 7) is 2.71. The van der Waals surface area contributed by atoms with Crippen LogP contribution in [0.1, 0.15) is 22.2 Å². The number of rotatable bonds is 6. The minimum atomic E-state index is -0.360. The zero-order valence-corrected chi connectivity index (χ0v) is 14.0. The van der Waals surface area contributed by atoms with Crippen LogP contribution in [0.5, 0.6) is 0 Å². The zero-order chi connectivity index (χ0) is 16.8. The summed E-state index contributed by atoms with van der Waals surface area (Å²) in [5.74, 6) is 0.182. The van der Waals surface area contributed by atoms with Crippen molar-refractivity contribution in [2.45, 2.75) is 13.5 Å². The van der Waals surface area contributed by atoms with E-state index >= 15 is 0 Å². The zero-order valence-electron chi connectivity index (χ0n) is 13.2. The van der Waals surface area contributed by atoms with E-state index in [-0.39, 0.29) is 5.97 Å². The van der Waals surface area contributed by atoms with Crippen molar-refractivity contribution >= 4 is 23.1 Å². The summed E-state index contributed by atoms with van der Waals surface area (Å²) in [5.41, 5.74) is 1.99. The average molecular weight is 339 g/mol. The van der Waals surface area contributed by atoms with Crippen LogP contribution in [0.4, 0.5) is 5.82 Å². The van der Waals surface area contributed by atoms with E-state index in [1.165, 1.54) is 11.3 Å². The van der Waals surface area contributed by atoms with Crippen molar-refractivity contribution in [1.29, 1.82) is 0 Å². The lowest BCUT2D eigenvalue weighted by Gasteiger charge is -2.05. The van der Waals surface area contributed by atoms with E-state index in [1.807, 2.05) is 42.5 Å². The van der Waals surface area contributed by atoms with Crippen LogP contribution in [0.3, 0.4) is 0 Å². The molecule has 0 atom stereocenters. The predicted octanol–water partition coefficient (Wildman–Crippen LogP) is 3.99. The summed E-state index contributed by atoms with van der Waals surface area (Å²) in [6, 6.07) is 13.7. The van der Waals surface area contributed by atoms with Crippen LogP contribution in [0.15, 0.2) is 54.9 Å². The maximum atomic E-state index is 12.2. The minimum absolute atomic E-state index is 0.330. The molecule has 0 saturated heterocycles. The standard InChI is InChI=1S/C18H17N3O2S/c1-2-23-18(22)15-16(20-11-13-7-4-3-5-8-13)21-17(24-15)14-9-6-10-19-12-14/h3-10,12,20H,2,11H2,1H3. The normalized spacial score (nSPS) is 10.4. The first-order valence-corrected chi connectivity index (χ1v) is 8.45. The van der Waals surface area contributed by atoms with Gasteiger partial charge in [0.15, 0.2) is 10.7 Å². The van der Waals surface area contributed by atoms with Gasteiger partial charge >= 0.3 is 5.97 Å². The number of carbonyl (C=O) groups excluding carboxylic acids is 1. The first kappa shape index (κ1) is 16.1. The second-order valence-electron chi connectivity index (χ2n) is 5.00. The summed E-state index contributed by atoms with van der Waals surface area (Å²) >= 11 is 1.31. The fourth-order valence-corrected chi connectivity index (χ4v) is 3.09. The maximum Gasteiger partial charge on any atom is 0.352 e. The van der Waals surface area contributed by atoms with E-state index in [1.54, 1.807) is 19.3 Å². The highest BCUT2D eigenvalue weighted by Crippen LogP contribution is 2.31. The van der Waals surface area contributed by atoms with Crippen molar-refractivity contribution in [1.82, 2.24) is 9.97 Å². The number of benzene rings is 1. The summed E-state index contributed by atoms with van der Waals surface area (Å²) in [6.07, 6.45) is 3.44. The SMILES string of the molecule is CCOC(=O)c1sc(-c2cccnc2)nc1NCc1ccccc1. The molecule has 1 aromatic carbocycles. The number of nitrogens with one attached hydrogen (secondary N) is 1. The molecule has 2 aromatic heterocycles. The van der Waals surface area contributed by atoms with Gasteiger partial charge in [-0.25, -0.2) is 9.78 Å². The van der Waals surface area contributed by atoms with E-state index in [0.29, 0.717) is 23.8 Å². The second-order valence-corrected chi connectivity index (χ2v) is 6.00. The topological polar surface area (TPSA) is 64.1 Å². The molecule has 0 radical (unpaired) electrons. The first-order chi connectivity index (χ1) is 11.8. The quantitative estimate of drug-likeness (QED) is 0.688. The smallest absolute Gasteiger partial charge is 0.352 e. The fourth-order valence-electron chi connectivity index (χ4n) is 2.17. The van der Waals surface area contributed by atoms with E-state index in [4.69, 9.17) is 4.74 Å². The molecule has 2 heterocycles. The Morgan fingerprint density at radius 2 is 2.04 bits per heavy atom. The molecule has 122 valence electrons. The predicted molar refractivity (Wildman–Crippen MR) is 95.1 cm³/mol. The number of hydrogen-bond donors (Lipinski definition) is 1. The molecule has 0 saturated carbocycles. The highest BCUT2D eigenvalue weighted by Gasteiger charge is 2.20. The molecule has 1 N–H and O–H groups in total. The van der Waals surface area contributed by atoms with Crippen LogP contribution < -0.4 is 5.32 Å². The lowest BCUT2D eigenvalue weighted by molar-refractivity contribution is 0.0533. The number of nitrogens with zero attached hydrogens (tertiary/aromatic N) is 2. The van der Waals surface area contributed by atoms with Crippen LogP contribution in [-0.4, -0.2) is 22.5 Å². The van der Waals surface area contributed by atoms with Gasteiger partial charge < -0.3 is 10.1 Å². The Bertz CT molecular complexity index is 804. The Labute approximate surface area is 144 Å². The molecular formula is C18H17N3O2S. The lowest BCUT2D eigenvalue weighted by Crippen LogP contribution is -2.08. The fraction of sp³-hybridized carbons (Fsp3) is 0.167. The van der Waals surface area contributed by atoms with E-state index in [9.17, 15) is 4.79 Å². The maximum absolute atomic E-state index is 12.2. The summed E-state index contributed by atoms with van der Waals surface area (Å²) < 4.78 is 5.15. The first-order valence-electron chi connectivity index (χ1n) is 7.64. The number of carbonyl (C=O) groups is 1. The number of pyridine rings is 1. The number of ether oxygens (including phenoxy) is 1. The third kappa shape index (κ3) is 3.78. The third-order valence-electron chi connectivity index (χ3n) is 3.30. The summed E-state index contributed by atoms with van der Waals surface area (Å²) in [7, 11) is 0. The Morgan fingerprint density at radius 1 is 1.21 bits per heavy atom. The average Bonchev–Trinajstić information content (AvgIpc) is 3.06. The van der Waals surface area contributed by atoms with Crippen molar-refractivity contribution in [3.8, 4) is 10.6 Å². The highest BCUT2D eigenvalue weighted by atomic mass is 32.1. The number of anilines is 1. The minimum Gasteiger partial charge on any atom is -0.462 e. The van der Waals surface area contributed by atoms with Gasteiger partial charge in [0.1, 0.15) is 5.01 Å². The van der Waals surface area contributed by atoms with Crippen molar-refractivity contribution < 1.29 is 9.53 Å². The molecule has 0 aliphatic carbocycles. The Kier molecular flexibility index (Phi) is 5.18. The molecule has 5 nitrogen and oxygen atoms in total. The molecule has 0 aliphatic rings. The Morgan fingerprint density at radius 3 is 2.75 bits per heavy atom. The molecule has 3 aromatic rings. The van der Waals surface area contributed by atoms with Gasteiger partial charge in [0, 0.05) is 24.5 Å². The van der Waals surface area contributed by atoms with Crippen LogP contribution >= 0.6 is 11.3 Å². The van der Waals surface area contributed by atoms with Crippen molar-refractivity contribution in [2.75, 3.05) is 11.9 Å². The van der Waals surface area contributed by atoms with E-state index in [0.717, 1.165) is 16.1 Å². The number of aromatic nitrogens is 2. The number of esters is 1. The molecule has 0 unspecified atom stereocenters.